The second-order valence-corrected chi connectivity index (χ2v) is 6.43. The summed E-state index contributed by atoms with van der Waals surface area (Å²) in [7, 11) is 0. The minimum absolute atomic E-state index is 0.232. The van der Waals surface area contributed by atoms with Gasteiger partial charge in [-0.3, -0.25) is 9.36 Å². The molecule has 1 fully saturated rings. The van der Waals surface area contributed by atoms with E-state index in [0.29, 0.717) is 11.4 Å². The third-order valence-corrected chi connectivity index (χ3v) is 4.84. The molecule has 0 radical (unpaired) electrons. The first-order valence-electron chi connectivity index (χ1n) is 7.63. The number of nitrogens with zero attached hydrogens (tertiary/aromatic N) is 4. The monoisotopic (exact) mass is 359 g/mol. The number of rotatable bonds is 3. The molecule has 0 saturated carbocycles. The van der Waals surface area contributed by atoms with Gasteiger partial charge in [0.05, 0.1) is 25.2 Å². The molecule has 0 spiro atoms. The van der Waals surface area contributed by atoms with Crippen molar-refractivity contribution in [3.05, 3.63) is 39.7 Å². The Balaban J connectivity index is 1.66. The number of hydrogen-bond acceptors (Lipinski definition) is 7. The lowest BCUT2D eigenvalue weighted by Crippen LogP contribution is -2.17. The van der Waals surface area contributed by atoms with Gasteiger partial charge in [0.25, 0.3) is 5.56 Å². The van der Waals surface area contributed by atoms with Crippen LogP contribution in [0.5, 0.6) is 0 Å². The molecule has 10 heteroatoms. The van der Waals surface area contributed by atoms with E-state index in [0.717, 1.165) is 11.3 Å². The summed E-state index contributed by atoms with van der Waals surface area (Å²) in [5, 5.41) is 13.1. The van der Waals surface area contributed by atoms with Gasteiger partial charge in [-0.05, 0) is 11.4 Å². The van der Waals surface area contributed by atoms with Gasteiger partial charge < -0.3 is 19.6 Å². The summed E-state index contributed by atoms with van der Waals surface area (Å²) >= 11 is 1.58. The van der Waals surface area contributed by atoms with Crippen LogP contribution >= 0.6 is 11.3 Å². The maximum absolute atomic E-state index is 12.7. The standard InChI is InChI=1S/C15H13N5O4S/c21-4-11-23-5-10(24-11)20-7-16-12-13(20)18-15-17-9(3-19(15)14(12)22)8-1-2-25-6-8/h1-3,6-7,10-11,21H,4-5H2,(H,17,18)/t10-,11-/m1/s1. The number of ether oxygens (including phenoxy) is 2. The highest BCUT2D eigenvalue weighted by molar-refractivity contribution is 7.08. The number of nitrogens with one attached hydrogen (secondary N) is 1. The predicted molar refractivity (Wildman–Crippen MR) is 89.4 cm³/mol. The van der Waals surface area contributed by atoms with Crippen LogP contribution in [0.1, 0.15) is 6.23 Å². The molecular formula is C15H13N5O4S. The first-order chi connectivity index (χ1) is 12.2. The largest absolute Gasteiger partial charge is 0.391 e. The average Bonchev–Trinajstić information content (AvgIpc) is 3.38. The van der Waals surface area contributed by atoms with Crippen molar-refractivity contribution in [1.82, 2.24) is 23.9 Å². The second kappa shape index (κ2) is 5.49. The number of aliphatic hydroxyl groups is 1. The van der Waals surface area contributed by atoms with Gasteiger partial charge in [-0.2, -0.15) is 16.3 Å². The van der Waals surface area contributed by atoms with E-state index in [9.17, 15) is 4.79 Å². The number of imidazole rings is 2. The number of hydrogen-bond donors (Lipinski definition) is 2. The van der Waals surface area contributed by atoms with Gasteiger partial charge in [0, 0.05) is 17.1 Å². The Morgan fingerprint density at radius 3 is 3.16 bits per heavy atom. The molecule has 25 heavy (non-hydrogen) atoms. The molecule has 0 bridgehead atoms. The van der Waals surface area contributed by atoms with Crippen molar-refractivity contribution in [2.75, 3.05) is 13.2 Å². The van der Waals surface area contributed by atoms with Crippen molar-refractivity contribution in [3.8, 4) is 11.3 Å². The molecule has 0 aromatic carbocycles. The fraction of sp³-hybridized carbons (Fsp3) is 0.267. The number of fused-ring (bicyclic) bond motifs is 2. The number of aromatic nitrogens is 5. The normalized spacial score (nSPS) is 20.8. The van der Waals surface area contributed by atoms with Crippen molar-refractivity contribution in [2.24, 2.45) is 0 Å². The zero-order chi connectivity index (χ0) is 17.0. The highest BCUT2D eigenvalue weighted by Gasteiger charge is 2.29. The topological polar surface area (TPSA) is 107 Å². The molecule has 2 N–H and O–H groups in total. The number of thiophene rings is 1. The number of aromatic amines is 1. The maximum Gasteiger partial charge on any atom is 0.287 e. The lowest BCUT2D eigenvalue weighted by Gasteiger charge is -2.11. The highest BCUT2D eigenvalue weighted by atomic mass is 32.1. The van der Waals surface area contributed by atoms with E-state index in [1.807, 2.05) is 16.8 Å². The predicted octanol–water partition coefficient (Wildman–Crippen LogP) is 0.965. The summed E-state index contributed by atoms with van der Waals surface area (Å²) in [5.74, 6) is 0.429. The van der Waals surface area contributed by atoms with Crippen LogP contribution in [0.3, 0.4) is 0 Å². The Morgan fingerprint density at radius 1 is 1.48 bits per heavy atom. The molecular weight excluding hydrogens is 346 g/mol. The quantitative estimate of drug-likeness (QED) is 0.564. The fourth-order valence-electron chi connectivity index (χ4n) is 2.93. The van der Waals surface area contributed by atoms with E-state index in [1.165, 1.54) is 10.7 Å². The van der Waals surface area contributed by atoms with E-state index < -0.39 is 12.5 Å². The summed E-state index contributed by atoms with van der Waals surface area (Å²) in [6.07, 6.45) is 2.07. The summed E-state index contributed by atoms with van der Waals surface area (Å²) in [6.45, 7) is 0.0205. The summed E-state index contributed by atoms with van der Waals surface area (Å²) in [6, 6.07) is 1.97. The molecule has 5 heterocycles. The Bertz CT molecular complexity index is 1110. The molecule has 0 aliphatic carbocycles. The van der Waals surface area contributed by atoms with Crippen LogP contribution in [0.25, 0.3) is 28.2 Å². The van der Waals surface area contributed by atoms with Crippen LogP contribution in [-0.4, -0.2) is 48.5 Å². The van der Waals surface area contributed by atoms with Gasteiger partial charge in [-0.15, -0.1) is 0 Å². The van der Waals surface area contributed by atoms with E-state index >= 15 is 0 Å². The van der Waals surface area contributed by atoms with Crippen molar-refractivity contribution < 1.29 is 14.6 Å². The molecule has 5 rings (SSSR count). The van der Waals surface area contributed by atoms with Crippen LogP contribution in [0.15, 0.2) is 34.1 Å². The lowest BCUT2D eigenvalue weighted by molar-refractivity contribution is -0.0980. The maximum atomic E-state index is 12.7. The third-order valence-electron chi connectivity index (χ3n) is 4.16. The number of H-pyrrole nitrogens is 1. The van der Waals surface area contributed by atoms with Gasteiger partial charge in [0.15, 0.2) is 23.7 Å². The Labute approximate surface area is 144 Å². The van der Waals surface area contributed by atoms with Crippen molar-refractivity contribution in [2.45, 2.75) is 12.5 Å². The minimum atomic E-state index is -0.678. The molecule has 2 atom stereocenters. The van der Waals surface area contributed by atoms with Crippen LogP contribution < -0.4 is 5.56 Å². The molecule has 1 saturated heterocycles. The molecule has 0 amide bonds. The van der Waals surface area contributed by atoms with Crippen LogP contribution in [0.4, 0.5) is 0 Å². The third kappa shape index (κ3) is 2.23. The van der Waals surface area contributed by atoms with Crippen LogP contribution in [0.2, 0.25) is 0 Å². The fourth-order valence-corrected chi connectivity index (χ4v) is 3.59. The highest BCUT2D eigenvalue weighted by Crippen LogP contribution is 2.25. The Morgan fingerprint density at radius 2 is 2.40 bits per heavy atom. The summed E-state index contributed by atoms with van der Waals surface area (Å²) < 4.78 is 14.0. The molecule has 0 unspecified atom stereocenters. The SMILES string of the molecule is O=c1c2ncn([C@H]3CO[C@@H](CO)O3)c2nc2[nH]c(-c3ccsc3)cn12. The summed E-state index contributed by atoms with van der Waals surface area (Å²) in [4.78, 5) is 24.6. The lowest BCUT2D eigenvalue weighted by atomic mass is 10.3. The van der Waals surface area contributed by atoms with E-state index in [-0.39, 0.29) is 24.3 Å². The summed E-state index contributed by atoms with van der Waals surface area (Å²) in [5.41, 5.74) is 2.22. The zero-order valence-corrected chi connectivity index (χ0v) is 13.6. The second-order valence-electron chi connectivity index (χ2n) is 5.65. The van der Waals surface area contributed by atoms with Gasteiger partial charge in [-0.25, -0.2) is 9.38 Å². The van der Waals surface area contributed by atoms with E-state index in [4.69, 9.17) is 14.6 Å². The molecule has 4 aromatic rings. The van der Waals surface area contributed by atoms with E-state index in [1.54, 1.807) is 22.1 Å². The smallest absolute Gasteiger partial charge is 0.287 e. The molecule has 128 valence electrons. The molecule has 4 aromatic heterocycles. The van der Waals surface area contributed by atoms with Gasteiger partial charge in [-0.1, -0.05) is 0 Å². The first-order valence-corrected chi connectivity index (χ1v) is 8.57. The molecule has 9 nitrogen and oxygen atoms in total. The van der Waals surface area contributed by atoms with Crippen LogP contribution in [0, 0.1) is 0 Å². The van der Waals surface area contributed by atoms with Crippen molar-refractivity contribution in [1.29, 1.82) is 0 Å². The van der Waals surface area contributed by atoms with Gasteiger partial charge >= 0.3 is 0 Å². The Hall–Kier alpha value is -2.53. The average molecular weight is 359 g/mol. The Kier molecular flexibility index (Phi) is 3.25. The molecule has 1 aliphatic heterocycles. The van der Waals surface area contributed by atoms with Gasteiger partial charge in [0.2, 0.25) is 5.78 Å². The number of aliphatic hydroxyl groups excluding tert-OH is 1. The van der Waals surface area contributed by atoms with Crippen molar-refractivity contribution in [3.63, 3.8) is 0 Å². The van der Waals surface area contributed by atoms with E-state index in [2.05, 4.69) is 15.0 Å². The molecule has 1 aliphatic rings. The van der Waals surface area contributed by atoms with Crippen molar-refractivity contribution >= 4 is 28.3 Å². The van der Waals surface area contributed by atoms with Gasteiger partial charge in [0.1, 0.15) is 0 Å². The minimum Gasteiger partial charge on any atom is -0.391 e. The first kappa shape index (κ1) is 14.8. The van der Waals surface area contributed by atoms with Crippen LogP contribution in [-0.2, 0) is 9.47 Å². The zero-order valence-electron chi connectivity index (χ0n) is 12.8.